The summed E-state index contributed by atoms with van der Waals surface area (Å²) in [4.78, 5) is 22.4. The molecule has 0 bridgehead atoms. The van der Waals surface area contributed by atoms with Crippen molar-refractivity contribution in [3.63, 3.8) is 0 Å². The van der Waals surface area contributed by atoms with Gasteiger partial charge in [0.1, 0.15) is 0 Å². The van der Waals surface area contributed by atoms with Crippen LogP contribution in [0.3, 0.4) is 0 Å². The van der Waals surface area contributed by atoms with Crippen molar-refractivity contribution in [3.05, 3.63) is 27.4 Å². The van der Waals surface area contributed by atoms with Gasteiger partial charge in [0.05, 0.1) is 4.34 Å². The van der Waals surface area contributed by atoms with E-state index in [0.29, 0.717) is 17.3 Å². The number of aliphatic carboxylic acids is 1. The topological polar surface area (TPSA) is 66.4 Å². The van der Waals surface area contributed by atoms with Gasteiger partial charge in [-0.15, -0.1) is 11.3 Å². The van der Waals surface area contributed by atoms with Gasteiger partial charge in [0.25, 0.3) is 0 Å². The fraction of sp³-hybridized carbons (Fsp3) is 0.273. The summed E-state index contributed by atoms with van der Waals surface area (Å²) in [5, 5.41) is 11.0. The van der Waals surface area contributed by atoms with Gasteiger partial charge in [-0.1, -0.05) is 11.6 Å². The Morgan fingerprint density at radius 1 is 1.47 bits per heavy atom. The van der Waals surface area contributed by atoms with Crippen LogP contribution in [0.5, 0.6) is 0 Å². The molecule has 0 spiro atoms. The van der Waals surface area contributed by atoms with E-state index in [9.17, 15) is 9.59 Å². The summed E-state index contributed by atoms with van der Waals surface area (Å²) >= 11 is 7.12. The second-order valence-electron chi connectivity index (χ2n) is 3.26. The van der Waals surface area contributed by atoms with Gasteiger partial charge in [-0.3, -0.25) is 9.59 Å². The molecule has 0 aliphatic heterocycles. The smallest absolute Gasteiger partial charge is 0.303 e. The second kappa shape index (κ2) is 7.09. The van der Waals surface area contributed by atoms with Crippen LogP contribution in [0.2, 0.25) is 4.34 Å². The number of carboxylic acids is 1. The summed E-state index contributed by atoms with van der Waals surface area (Å²) in [5.74, 6) is -1.09. The van der Waals surface area contributed by atoms with Crippen LogP contribution < -0.4 is 5.32 Å². The number of nitrogens with one attached hydrogen (secondary N) is 1. The predicted molar refractivity (Wildman–Crippen MR) is 68.2 cm³/mol. The van der Waals surface area contributed by atoms with Gasteiger partial charge in [-0.2, -0.15) is 0 Å². The van der Waals surface area contributed by atoms with Gasteiger partial charge in [-0.05, 0) is 24.6 Å². The summed E-state index contributed by atoms with van der Waals surface area (Å²) < 4.78 is 0.673. The van der Waals surface area contributed by atoms with Crippen LogP contribution in [0.15, 0.2) is 18.2 Å². The molecule has 1 aromatic heterocycles. The molecule has 0 saturated heterocycles. The number of rotatable bonds is 6. The lowest BCUT2D eigenvalue weighted by atomic mass is 10.3. The van der Waals surface area contributed by atoms with Crippen LogP contribution in [-0.2, 0) is 9.59 Å². The molecule has 6 heteroatoms. The molecular formula is C11H12ClNO3S. The van der Waals surface area contributed by atoms with Gasteiger partial charge in [0.15, 0.2) is 0 Å². The highest BCUT2D eigenvalue weighted by Gasteiger charge is 1.99. The van der Waals surface area contributed by atoms with E-state index in [-0.39, 0.29) is 12.3 Å². The number of carboxylic acid groups (broad SMARTS) is 1. The lowest BCUT2D eigenvalue weighted by Gasteiger charge is -1.99. The van der Waals surface area contributed by atoms with Gasteiger partial charge in [0, 0.05) is 23.9 Å². The zero-order valence-electron chi connectivity index (χ0n) is 8.98. The average Bonchev–Trinajstić information content (AvgIpc) is 2.67. The molecule has 2 N–H and O–H groups in total. The zero-order chi connectivity index (χ0) is 12.7. The van der Waals surface area contributed by atoms with Gasteiger partial charge in [-0.25, -0.2) is 0 Å². The first kappa shape index (κ1) is 13.7. The Morgan fingerprint density at radius 3 is 2.82 bits per heavy atom. The summed E-state index contributed by atoms with van der Waals surface area (Å²) in [6, 6.07) is 3.58. The molecule has 0 atom stereocenters. The van der Waals surface area contributed by atoms with Crippen molar-refractivity contribution >= 4 is 40.9 Å². The van der Waals surface area contributed by atoms with Crippen molar-refractivity contribution in [3.8, 4) is 0 Å². The van der Waals surface area contributed by atoms with Crippen molar-refractivity contribution in [2.75, 3.05) is 6.54 Å². The number of hydrogen-bond donors (Lipinski definition) is 2. The van der Waals surface area contributed by atoms with Crippen LogP contribution >= 0.6 is 22.9 Å². The Kier molecular flexibility index (Phi) is 5.72. The predicted octanol–water partition coefficient (Wildman–Crippen LogP) is 2.40. The Labute approximate surface area is 108 Å². The number of carbonyl (C=O) groups excluding carboxylic acids is 1. The van der Waals surface area contributed by atoms with E-state index in [4.69, 9.17) is 16.7 Å². The Morgan fingerprint density at radius 2 is 2.24 bits per heavy atom. The summed E-state index contributed by atoms with van der Waals surface area (Å²) in [5.41, 5.74) is 0. The van der Waals surface area contributed by atoms with E-state index in [1.165, 1.54) is 17.4 Å². The normalized spacial score (nSPS) is 10.6. The molecule has 0 fully saturated rings. The van der Waals surface area contributed by atoms with Crippen molar-refractivity contribution in [1.82, 2.24) is 5.32 Å². The third-order valence-electron chi connectivity index (χ3n) is 1.86. The van der Waals surface area contributed by atoms with Crippen LogP contribution in [0.4, 0.5) is 0 Å². The largest absolute Gasteiger partial charge is 0.481 e. The Bertz CT molecular complexity index is 428. The molecule has 0 aliphatic carbocycles. The van der Waals surface area contributed by atoms with Gasteiger partial charge in [0.2, 0.25) is 5.91 Å². The minimum atomic E-state index is -0.858. The van der Waals surface area contributed by atoms with Crippen molar-refractivity contribution in [2.45, 2.75) is 12.8 Å². The number of halogens is 1. The molecule has 1 aromatic rings. The molecule has 0 saturated carbocycles. The molecular weight excluding hydrogens is 262 g/mol. The van der Waals surface area contributed by atoms with E-state index in [1.54, 1.807) is 12.1 Å². The molecule has 0 aromatic carbocycles. The third kappa shape index (κ3) is 6.09. The summed E-state index contributed by atoms with van der Waals surface area (Å²) in [6.45, 7) is 0.362. The highest BCUT2D eigenvalue weighted by atomic mass is 35.5. The molecule has 0 unspecified atom stereocenters. The van der Waals surface area contributed by atoms with Crippen LogP contribution in [0.1, 0.15) is 17.7 Å². The van der Waals surface area contributed by atoms with Crippen LogP contribution in [0, 0.1) is 0 Å². The van der Waals surface area contributed by atoms with Crippen molar-refractivity contribution in [1.29, 1.82) is 0 Å². The highest BCUT2D eigenvalue weighted by Crippen LogP contribution is 2.22. The standard InChI is InChI=1S/C11H12ClNO3S/c12-9-5-3-8(17-9)4-6-10(14)13-7-1-2-11(15)16/h3-6H,1-2,7H2,(H,13,14)(H,15,16)/b6-4+. The highest BCUT2D eigenvalue weighted by molar-refractivity contribution is 7.17. The van der Waals surface area contributed by atoms with Crippen molar-refractivity contribution in [2.24, 2.45) is 0 Å². The first-order chi connectivity index (χ1) is 8.08. The van der Waals surface area contributed by atoms with Crippen LogP contribution in [-0.4, -0.2) is 23.5 Å². The van der Waals surface area contributed by atoms with E-state index in [0.717, 1.165) is 4.88 Å². The maximum atomic E-state index is 11.3. The lowest BCUT2D eigenvalue weighted by molar-refractivity contribution is -0.137. The number of hydrogen-bond acceptors (Lipinski definition) is 3. The third-order valence-corrected chi connectivity index (χ3v) is 3.06. The molecule has 0 radical (unpaired) electrons. The number of carbonyl (C=O) groups is 2. The zero-order valence-corrected chi connectivity index (χ0v) is 10.6. The minimum absolute atomic E-state index is 0.0600. The van der Waals surface area contributed by atoms with E-state index >= 15 is 0 Å². The van der Waals surface area contributed by atoms with Crippen molar-refractivity contribution < 1.29 is 14.7 Å². The lowest BCUT2D eigenvalue weighted by Crippen LogP contribution is -2.22. The molecule has 17 heavy (non-hydrogen) atoms. The average molecular weight is 274 g/mol. The van der Waals surface area contributed by atoms with Gasteiger partial charge >= 0.3 is 5.97 Å². The van der Waals surface area contributed by atoms with E-state index in [2.05, 4.69) is 5.32 Å². The maximum Gasteiger partial charge on any atom is 0.303 e. The summed E-state index contributed by atoms with van der Waals surface area (Å²) in [7, 11) is 0. The molecule has 4 nitrogen and oxygen atoms in total. The van der Waals surface area contributed by atoms with E-state index < -0.39 is 5.97 Å². The van der Waals surface area contributed by atoms with Crippen LogP contribution in [0.25, 0.3) is 6.08 Å². The fourth-order valence-corrected chi connectivity index (χ4v) is 2.05. The molecule has 92 valence electrons. The maximum absolute atomic E-state index is 11.3. The van der Waals surface area contributed by atoms with Gasteiger partial charge < -0.3 is 10.4 Å². The van der Waals surface area contributed by atoms with E-state index in [1.807, 2.05) is 6.07 Å². The Hall–Kier alpha value is -1.33. The first-order valence-corrected chi connectivity index (χ1v) is 6.20. The number of thiophene rings is 1. The number of amides is 1. The Balaban J connectivity index is 2.25. The fourth-order valence-electron chi connectivity index (χ4n) is 1.09. The monoisotopic (exact) mass is 273 g/mol. The first-order valence-electron chi connectivity index (χ1n) is 5.01. The SMILES string of the molecule is O=C(O)CCCNC(=O)/C=C/c1ccc(Cl)s1. The molecule has 1 heterocycles. The minimum Gasteiger partial charge on any atom is -0.481 e. The molecule has 0 aliphatic rings. The molecule has 1 rings (SSSR count). The molecule has 1 amide bonds. The summed E-state index contributed by atoms with van der Waals surface area (Å²) in [6.07, 6.45) is 3.57. The quantitative estimate of drug-likeness (QED) is 0.618. The second-order valence-corrected chi connectivity index (χ2v) is 5.01.